The predicted octanol–water partition coefficient (Wildman–Crippen LogP) is 2.64. The van der Waals surface area contributed by atoms with E-state index in [1.165, 1.54) is 12.1 Å². The molecule has 0 saturated carbocycles. The van der Waals surface area contributed by atoms with Crippen molar-refractivity contribution < 1.29 is 24.6 Å². The molecule has 4 N–H and O–H groups in total. The van der Waals surface area contributed by atoms with Gasteiger partial charge in [-0.2, -0.15) is 0 Å². The molecule has 1 atom stereocenters. The molecule has 0 aliphatic heterocycles. The van der Waals surface area contributed by atoms with Gasteiger partial charge in [0, 0.05) is 0 Å². The fourth-order valence-electron chi connectivity index (χ4n) is 2.54. The Bertz CT molecular complexity index is 707. The lowest BCUT2D eigenvalue weighted by Crippen LogP contribution is -2.14. The average Bonchev–Trinajstić information content (AvgIpc) is 2.45. The van der Waals surface area contributed by atoms with E-state index in [2.05, 4.69) is 0 Å². The number of benzene rings is 2. The zero-order valence-electron chi connectivity index (χ0n) is 12.2. The van der Waals surface area contributed by atoms with Crippen molar-refractivity contribution in [3.8, 4) is 11.5 Å². The first-order chi connectivity index (χ1) is 10.3. The molecule has 2 aromatic rings. The second-order valence-corrected chi connectivity index (χ2v) is 6.83. The zero-order chi connectivity index (χ0) is 16.3. The van der Waals surface area contributed by atoms with Gasteiger partial charge in [0.05, 0.1) is 5.30 Å². The first-order valence-corrected chi connectivity index (χ1v) is 8.59. The molecule has 0 aliphatic rings. The molecule has 0 fully saturated rings. The maximum Gasteiger partial charge on any atom is 0.356 e. The Morgan fingerprint density at radius 3 is 2.32 bits per heavy atom. The van der Waals surface area contributed by atoms with Gasteiger partial charge in [0.25, 0.3) is 0 Å². The van der Waals surface area contributed by atoms with Crippen molar-refractivity contribution in [3.63, 3.8) is 0 Å². The number of aromatic hydroxyl groups is 2. The van der Waals surface area contributed by atoms with Crippen molar-refractivity contribution in [1.82, 2.24) is 0 Å². The van der Waals surface area contributed by atoms with Crippen LogP contribution >= 0.6 is 7.60 Å². The third-order valence-corrected chi connectivity index (χ3v) is 4.73. The first kappa shape index (κ1) is 16.6. The van der Waals surface area contributed by atoms with E-state index < -0.39 is 7.60 Å². The number of hydrogen-bond donors (Lipinski definition) is 4. The Balaban J connectivity index is 2.38. The topological polar surface area (TPSA) is 98.0 Å². The highest BCUT2D eigenvalue weighted by molar-refractivity contribution is 7.60. The largest absolute Gasteiger partial charge is 0.508 e. The molecule has 2 aromatic carbocycles. The maximum atomic E-state index is 11.6. The second-order valence-electron chi connectivity index (χ2n) is 5.26. The molecule has 0 spiro atoms. The lowest BCUT2D eigenvalue weighted by atomic mass is 9.90. The molecular weight excluding hydrogens is 303 g/mol. The minimum atomic E-state index is -4.46. The van der Waals surface area contributed by atoms with E-state index in [9.17, 15) is 24.6 Å². The molecule has 118 valence electrons. The Labute approximate surface area is 129 Å². The molecule has 6 heteroatoms. The van der Waals surface area contributed by atoms with Gasteiger partial charge in [0.1, 0.15) is 11.5 Å². The van der Waals surface area contributed by atoms with Gasteiger partial charge in [-0.1, -0.05) is 25.1 Å². The number of phenols is 2. The SMILES string of the molecule is CCC(Cc1ccc(O)cc1P(=O)(O)O)c1cccc(O)c1. The summed E-state index contributed by atoms with van der Waals surface area (Å²) in [6, 6.07) is 10.9. The van der Waals surface area contributed by atoms with E-state index in [-0.39, 0.29) is 22.7 Å². The van der Waals surface area contributed by atoms with Gasteiger partial charge in [-0.15, -0.1) is 0 Å². The minimum absolute atomic E-state index is 0.0157. The summed E-state index contributed by atoms with van der Waals surface area (Å²) in [5.41, 5.74) is 1.41. The van der Waals surface area contributed by atoms with E-state index in [0.717, 1.165) is 18.1 Å². The Hall–Kier alpha value is -1.81. The van der Waals surface area contributed by atoms with E-state index in [0.29, 0.717) is 12.0 Å². The lowest BCUT2D eigenvalue weighted by Gasteiger charge is -2.18. The Morgan fingerprint density at radius 1 is 1.05 bits per heavy atom. The molecule has 0 aromatic heterocycles. The monoisotopic (exact) mass is 322 g/mol. The van der Waals surface area contributed by atoms with Crippen LogP contribution in [0.5, 0.6) is 11.5 Å². The fourth-order valence-corrected chi connectivity index (χ4v) is 3.38. The zero-order valence-corrected chi connectivity index (χ0v) is 13.1. The summed E-state index contributed by atoms with van der Waals surface area (Å²) < 4.78 is 11.6. The van der Waals surface area contributed by atoms with Crippen LogP contribution in [-0.2, 0) is 11.0 Å². The van der Waals surface area contributed by atoms with E-state index in [1.54, 1.807) is 18.2 Å². The predicted molar refractivity (Wildman–Crippen MR) is 84.6 cm³/mol. The van der Waals surface area contributed by atoms with Gasteiger partial charge in [-0.3, -0.25) is 4.57 Å². The summed E-state index contributed by atoms with van der Waals surface area (Å²) in [6.07, 6.45) is 1.17. The van der Waals surface area contributed by atoms with Crippen molar-refractivity contribution in [2.24, 2.45) is 0 Å². The van der Waals surface area contributed by atoms with Gasteiger partial charge in [-0.05, 0) is 54.2 Å². The van der Waals surface area contributed by atoms with Crippen LogP contribution in [0, 0.1) is 0 Å². The van der Waals surface area contributed by atoms with Gasteiger partial charge in [0.15, 0.2) is 0 Å². The van der Waals surface area contributed by atoms with Gasteiger partial charge in [-0.25, -0.2) is 0 Å². The standard InChI is InChI=1S/C16H19O5P/c1-2-11(12-4-3-5-14(17)9-12)8-13-6-7-15(18)10-16(13)22(19,20)21/h3-7,9-11,17-18H,2,8H2,1H3,(H2,19,20,21). The molecule has 22 heavy (non-hydrogen) atoms. The van der Waals surface area contributed by atoms with Gasteiger partial charge < -0.3 is 20.0 Å². The molecule has 0 aliphatic carbocycles. The van der Waals surface area contributed by atoms with E-state index >= 15 is 0 Å². The number of phenolic OH excluding ortho intramolecular Hbond substituents is 2. The first-order valence-electron chi connectivity index (χ1n) is 6.98. The molecule has 0 bridgehead atoms. The van der Waals surface area contributed by atoms with E-state index in [1.807, 2.05) is 13.0 Å². The van der Waals surface area contributed by atoms with Crippen molar-refractivity contribution >= 4 is 12.9 Å². The summed E-state index contributed by atoms with van der Waals surface area (Å²) in [5.74, 6) is 0.00582. The average molecular weight is 322 g/mol. The molecule has 0 amide bonds. The molecule has 1 unspecified atom stereocenters. The molecular formula is C16H19O5P. The fraction of sp³-hybridized carbons (Fsp3) is 0.250. The molecule has 0 heterocycles. The van der Waals surface area contributed by atoms with Crippen molar-refractivity contribution in [2.75, 3.05) is 0 Å². The van der Waals surface area contributed by atoms with Crippen molar-refractivity contribution in [1.29, 1.82) is 0 Å². The number of rotatable bonds is 5. The molecule has 0 radical (unpaired) electrons. The van der Waals surface area contributed by atoms with Gasteiger partial charge >= 0.3 is 7.60 Å². The quantitative estimate of drug-likeness (QED) is 0.634. The van der Waals surface area contributed by atoms with Crippen LogP contribution in [0.2, 0.25) is 0 Å². The third kappa shape index (κ3) is 3.89. The summed E-state index contributed by atoms with van der Waals surface area (Å²) in [5, 5.41) is 18.9. The van der Waals surface area contributed by atoms with Crippen LogP contribution in [0.1, 0.15) is 30.4 Å². The van der Waals surface area contributed by atoms with Crippen molar-refractivity contribution in [2.45, 2.75) is 25.7 Å². The highest BCUT2D eigenvalue weighted by Gasteiger charge is 2.24. The summed E-state index contributed by atoms with van der Waals surface area (Å²) in [7, 11) is -4.46. The molecule has 5 nitrogen and oxygen atoms in total. The van der Waals surface area contributed by atoms with Crippen LogP contribution in [0.4, 0.5) is 0 Å². The molecule has 0 saturated heterocycles. The third-order valence-electron chi connectivity index (χ3n) is 3.68. The van der Waals surface area contributed by atoms with E-state index in [4.69, 9.17) is 0 Å². The highest BCUT2D eigenvalue weighted by atomic mass is 31.2. The van der Waals surface area contributed by atoms with Crippen LogP contribution in [-0.4, -0.2) is 20.0 Å². The second kappa shape index (κ2) is 6.53. The van der Waals surface area contributed by atoms with Crippen LogP contribution in [0.3, 0.4) is 0 Å². The summed E-state index contributed by atoms with van der Waals surface area (Å²) >= 11 is 0. The Kier molecular flexibility index (Phi) is 4.91. The summed E-state index contributed by atoms with van der Waals surface area (Å²) in [4.78, 5) is 18.9. The van der Waals surface area contributed by atoms with Gasteiger partial charge in [0.2, 0.25) is 0 Å². The van der Waals surface area contributed by atoms with Crippen LogP contribution < -0.4 is 5.30 Å². The lowest BCUT2D eigenvalue weighted by molar-refractivity contribution is 0.386. The molecule has 2 rings (SSSR count). The smallest absolute Gasteiger partial charge is 0.356 e. The maximum absolute atomic E-state index is 11.6. The normalized spacial score (nSPS) is 13.0. The summed E-state index contributed by atoms with van der Waals surface area (Å²) in [6.45, 7) is 1.98. The van der Waals surface area contributed by atoms with Crippen LogP contribution in [0.25, 0.3) is 0 Å². The Morgan fingerprint density at radius 2 is 1.73 bits per heavy atom. The highest BCUT2D eigenvalue weighted by Crippen LogP contribution is 2.37. The minimum Gasteiger partial charge on any atom is -0.508 e. The van der Waals surface area contributed by atoms with Crippen LogP contribution in [0.15, 0.2) is 42.5 Å². The van der Waals surface area contributed by atoms with Crippen molar-refractivity contribution in [3.05, 3.63) is 53.6 Å². The number of hydrogen-bond acceptors (Lipinski definition) is 3.